The molecule has 72 heavy (non-hydrogen) atoms. The van der Waals surface area contributed by atoms with Crippen LogP contribution in [-0.2, 0) is 50.9 Å². The quantitative estimate of drug-likeness (QED) is 0.113. The van der Waals surface area contributed by atoms with Crippen LogP contribution in [0.5, 0.6) is 0 Å². The Morgan fingerprint density at radius 1 is 0.472 bits per heavy atom. The zero-order valence-electron chi connectivity index (χ0n) is 46.8. The zero-order chi connectivity index (χ0) is 52.1. The van der Waals surface area contributed by atoms with Gasteiger partial charge in [-0.2, -0.15) is 0 Å². The van der Waals surface area contributed by atoms with E-state index in [0.29, 0.717) is 0 Å². The van der Waals surface area contributed by atoms with Crippen molar-refractivity contribution in [2.75, 3.05) is 0 Å². The van der Waals surface area contributed by atoms with Gasteiger partial charge < -0.3 is 0 Å². The number of halogens is 2. The van der Waals surface area contributed by atoms with Crippen molar-refractivity contribution in [1.82, 2.24) is 0 Å². The number of benzene rings is 6. The summed E-state index contributed by atoms with van der Waals surface area (Å²) in [6.07, 6.45) is 11.1. The first-order chi connectivity index (χ1) is 33.7. The van der Waals surface area contributed by atoms with Gasteiger partial charge in [0.15, 0.2) is 0 Å². The van der Waals surface area contributed by atoms with Crippen LogP contribution >= 0.6 is 17.0 Å². The van der Waals surface area contributed by atoms with Crippen LogP contribution in [0, 0.1) is 0 Å². The molecular formula is C68H83Cl2SiZr. The monoisotopic (exact) mass is 1090 g/mol. The minimum absolute atomic E-state index is 0.0140. The average Bonchev–Trinajstić information content (AvgIpc) is 4.02. The molecule has 0 fully saturated rings. The van der Waals surface area contributed by atoms with E-state index in [1.54, 1.807) is 0 Å². The first-order valence-electron chi connectivity index (χ1n) is 27.6. The van der Waals surface area contributed by atoms with Crippen LogP contribution in [0.3, 0.4) is 0 Å². The molecule has 0 radical (unpaired) electrons. The second-order valence-electron chi connectivity index (χ2n) is 26.1. The normalized spacial score (nSPS) is 17.6. The molecule has 377 valence electrons. The summed E-state index contributed by atoms with van der Waals surface area (Å²) in [6, 6.07) is 41.2. The van der Waals surface area contributed by atoms with Gasteiger partial charge in [-0.05, 0) is 0 Å². The molecule has 9 rings (SSSR count). The number of hydrogen-bond acceptors (Lipinski definition) is 0. The Balaban J connectivity index is 1.39. The van der Waals surface area contributed by atoms with Crippen molar-refractivity contribution in [3.63, 3.8) is 0 Å². The van der Waals surface area contributed by atoms with Gasteiger partial charge in [0.2, 0.25) is 0 Å². The molecule has 0 amide bonds. The van der Waals surface area contributed by atoms with Crippen LogP contribution in [0.4, 0.5) is 0 Å². The fourth-order valence-corrected chi connectivity index (χ4v) is 41.2. The van der Waals surface area contributed by atoms with Crippen molar-refractivity contribution in [2.45, 2.75) is 178 Å². The van der Waals surface area contributed by atoms with Gasteiger partial charge in [0, 0.05) is 0 Å². The van der Waals surface area contributed by atoms with Crippen LogP contribution in [-0.4, -0.2) is 9.52 Å². The van der Waals surface area contributed by atoms with E-state index in [4.69, 9.17) is 0 Å². The molecule has 0 bridgehead atoms. The molecule has 0 saturated heterocycles. The van der Waals surface area contributed by atoms with Gasteiger partial charge in [-0.3, -0.25) is 0 Å². The Bertz CT molecular complexity index is 2960. The molecule has 3 aliphatic rings. The zero-order valence-corrected chi connectivity index (χ0v) is 52.2. The molecule has 6 aromatic carbocycles. The van der Waals surface area contributed by atoms with E-state index in [0.717, 1.165) is 38.5 Å². The molecule has 0 spiro atoms. The van der Waals surface area contributed by atoms with Gasteiger partial charge in [-0.15, -0.1) is 0 Å². The molecule has 0 aromatic heterocycles. The summed E-state index contributed by atoms with van der Waals surface area (Å²) in [7, 11) is 18.3. The molecule has 0 saturated carbocycles. The van der Waals surface area contributed by atoms with E-state index >= 15 is 0 Å². The topological polar surface area (TPSA) is 0 Å². The molecule has 4 heteroatoms. The van der Waals surface area contributed by atoms with Crippen molar-refractivity contribution < 1.29 is 16.4 Å². The summed E-state index contributed by atoms with van der Waals surface area (Å²) < 4.78 is 1.06. The maximum atomic E-state index is 9.62. The molecular weight excluding hydrogens is 1010 g/mol. The van der Waals surface area contributed by atoms with Gasteiger partial charge in [0.25, 0.3) is 0 Å². The first-order valence-corrected chi connectivity index (χ1v) is 39.4. The Morgan fingerprint density at radius 2 is 0.875 bits per heavy atom. The summed E-state index contributed by atoms with van der Waals surface area (Å²) >= 11 is -5.78. The fraction of sp³-hybridized carbons (Fsp3) is 0.412. The number of aryl methyl sites for hydroxylation is 2. The second-order valence-corrected chi connectivity index (χ2v) is 48.6. The van der Waals surface area contributed by atoms with E-state index in [1.165, 1.54) is 114 Å². The predicted octanol–water partition coefficient (Wildman–Crippen LogP) is 17.9. The molecule has 1 aliphatic heterocycles. The van der Waals surface area contributed by atoms with Gasteiger partial charge in [-0.1, -0.05) is 0 Å². The van der Waals surface area contributed by atoms with Crippen molar-refractivity contribution in [1.29, 1.82) is 0 Å². The number of rotatable bonds is 11. The summed E-state index contributed by atoms with van der Waals surface area (Å²) in [5, 5.41) is 2.98. The van der Waals surface area contributed by atoms with Crippen LogP contribution in [0.2, 0.25) is 0 Å². The van der Waals surface area contributed by atoms with Crippen LogP contribution in [0.1, 0.15) is 199 Å². The number of allylic oxidation sites excluding steroid dienone is 2. The minimum atomic E-state index is -5.78. The molecule has 2 unspecified atom stereocenters. The third-order valence-corrected chi connectivity index (χ3v) is 39.7. The molecule has 2 atom stereocenters. The predicted molar refractivity (Wildman–Crippen MR) is 320 cm³/mol. The Morgan fingerprint density at radius 3 is 1.26 bits per heavy atom. The van der Waals surface area contributed by atoms with Crippen molar-refractivity contribution >= 4 is 52.3 Å². The molecule has 6 aromatic rings. The van der Waals surface area contributed by atoms with Gasteiger partial charge in [0.1, 0.15) is 0 Å². The Labute approximate surface area is 446 Å². The summed E-state index contributed by atoms with van der Waals surface area (Å²) in [5.41, 5.74) is 24.6. The summed E-state index contributed by atoms with van der Waals surface area (Å²) in [5.74, 6) is 0. The third kappa shape index (κ3) is 9.05. The molecule has 0 nitrogen and oxygen atoms in total. The Kier molecular flexibility index (Phi) is 14.0. The second kappa shape index (κ2) is 18.9. The van der Waals surface area contributed by atoms with E-state index in [9.17, 15) is 17.0 Å². The number of fused-ring (bicyclic) bond motifs is 5. The van der Waals surface area contributed by atoms with Crippen LogP contribution < -0.4 is 13.6 Å². The van der Waals surface area contributed by atoms with E-state index in [1.807, 2.05) is 0 Å². The number of hydrogen-bond donors (Lipinski definition) is 0. The van der Waals surface area contributed by atoms with Crippen molar-refractivity contribution in [3.8, 4) is 33.4 Å². The Hall–Kier alpha value is -3.52. The fourth-order valence-electron chi connectivity index (χ4n) is 13.0. The van der Waals surface area contributed by atoms with Gasteiger partial charge >= 0.3 is 450 Å². The molecule has 2 aliphatic carbocycles. The summed E-state index contributed by atoms with van der Waals surface area (Å²) in [4.78, 5) is 0. The van der Waals surface area contributed by atoms with E-state index in [2.05, 4.69) is 226 Å². The molecule has 0 N–H and O–H groups in total. The standard InChI is InChI=1S/2C28H37.C12H9Si.2ClH.Zr/c2*1-9-11-20-12-13-21-14-19(10-2)15-25(21)26(20)22-16-23(27(3,4)5)18-24(17-22)28(6,7)8;1-3-7-11-9(5-1)10-6-2-4-8-12(10)13-11;;;/h2*12-18H,9-11H2,1-8H3;1-7H,13H2;2*1H;/q;;;;;+2/p-2. The van der Waals surface area contributed by atoms with Crippen molar-refractivity contribution in [3.05, 3.63) is 170 Å². The maximum absolute atomic E-state index is 9.62. The van der Waals surface area contributed by atoms with Crippen LogP contribution in [0.25, 0.3) is 45.5 Å². The molecule has 1 heterocycles. The van der Waals surface area contributed by atoms with E-state index < -0.39 is 25.9 Å². The first kappa shape index (κ1) is 53.3. The van der Waals surface area contributed by atoms with Crippen molar-refractivity contribution in [2.24, 2.45) is 0 Å². The average molecular weight is 1090 g/mol. The van der Waals surface area contributed by atoms with Gasteiger partial charge in [-0.25, -0.2) is 0 Å². The SMILES string of the molecule is CCCc1ccc2c(c1-c1cc(C(C)(C)C)cc(C(C)(C)C)c1)C=C(CC)[CH]2[Zr]([Cl])([Cl])([c]1cccc2c1[SiH2]c1ccccc1-2)[CH]1C(CC)=Cc2c1ccc(CCC)c2-c1cc(C(C)(C)C)cc(C(C)(C)C)c1. The van der Waals surface area contributed by atoms with Gasteiger partial charge in [0.05, 0.1) is 0 Å². The van der Waals surface area contributed by atoms with Crippen LogP contribution in [0.15, 0.2) is 114 Å². The summed E-state index contributed by atoms with van der Waals surface area (Å²) in [6.45, 7) is 37.7. The van der Waals surface area contributed by atoms with E-state index in [-0.39, 0.29) is 28.9 Å². The third-order valence-electron chi connectivity index (χ3n) is 16.9.